The predicted octanol–water partition coefficient (Wildman–Crippen LogP) is 3.95. The topological polar surface area (TPSA) is 0 Å². The summed E-state index contributed by atoms with van der Waals surface area (Å²) in [6.07, 6.45) is 3.49. The van der Waals surface area contributed by atoms with Crippen molar-refractivity contribution < 1.29 is 0 Å². The summed E-state index contributed by atoms with van der Waals surface area (Å²) in [4.78, 5) is 0. The van der Waals surface area contributed by atoms with E-state index in [4.69, 9.17) is 0 Å². The summed E-state index contributed by atoms with van der Waals surface area (Å²) in [5.74, 6) is 0.551. The fraction of sp³-hybridized carbons (Fsp3) is 0.636. The first-order valence-electron chi connectivity index (χ1n) is 4.46. The van der Waals surface area contributed by atoms with Crippen LogP contribution in [0.25, 0.3) is 0 Å². The van der Waals surface area contributed by atoms with Gasteiger partial charge in [0.15, 0.2) is 0 Å². The predicted molar refractivity (Wildman–Crippen MR) is 52.6 cm³/mol. The summed E-state index contributed by atoms with van der Waals surface area (Å²) in [5.41, 5.74) is 2.61. The van der Waals surface area contributed by atoms with Gasteiger partial charge in [0.2, 0.25) is 0 Å². The highest BCUT2D eigenvalue weighted by Gasteiger charge is 2.09. The largest absolute Gasteiger partial charge is 0.0995 e. The molecule has 0 amide bonds. The van der Waals surface area contributed by atoms with Gasteiger partial charge in [-0.2, -0.15) is 0 Å². The zero-order valence-electron chi connectivity index (χ0n) is 8.11. The molecule has 64 valence electrons. The van der Waals surface area contributed by atoms with Gasteiger partial charge in [0.05, 0.1) is 0 Å². The Morgan fingerprint density at radius 2 is 1.82 bits per heavy atom. The number of hydrogen-bond acceptors (Lipinski definition) is 0. The number of allylic oxidation sites excluding steroid dienone is 2. The monoisotopic (exact) mass is 152 g/mol. The van der Waals surface area contributed by atoms with Crippen LogP contribution in [-0.2, 0) is 0 Å². The van der Waals surface area contributed by atoms with E-state index < -0.39 is 0 Å². The maximum Gasteiger partial charge on any atom is -0.000385 e. The first-order chi connectivity index (χ1) is 5.13. The lowest BCUT2D eigenvalue weighted by atomic mass is 9.89. The molecule has 0 aliphatic carbocycles. The SMILES string of the molecule is C=C(C)C(CC)C(=C)CCC. The number of hydrogen-bond donors (Lipinski definition) is 0. The maximum absolute atomic E-state index is 4.08. The molecular weight excluding hydrogens is 132 g/mol. The van der Waals surface area contributed by atoms with E-state index in [9.17, 15) is 0 Å². The molecule has 0 bridgehead atoms. The van der Waals surface area contributed by atoms with Gasteiger partial charge < -0.3 is 0 Å². The van der Waals surface area contributed by atoms with Gasteiger partial charge in [-0.05, 0) is 25.7 Å². The van der Waals surface area contributed by atoms with Crippen molar-refractivity contribution in [1.82, 2.24) is 0 Å². The molecule has 11 heavy (non-hydrogen) atoms. The maximum atomic E-state index is 4.08. The summed E-state index contributed by atoms with van der Waals surface area (Å²) in [6, 6.07) is 0. The number of rotatable bonds is 5. The highest BCUT2D eigenvalue weighted by molar-refractivity contribution is 5.14. The van der Waals surface area contributed by atoms with Crippen molar-refractivity contribution in [3.8, 4) is 0 Å². The smallest absolute Gasteiger partial charge is 0.000385 e. The second kappa shape index (κ2) is 5.17. The van der Waals surface area contributed by atoms with Crippen molar-refractivity contribution in [2.45, 2.75) is 40.0 Å². The van der Waals surface area contributed by atoms with Crippen molar-refractivity contribution in [3.05, 3.63) is 24.3 Å². The van der Waals surface area contributed by atoms with Crippen LogP contribution in [-0.4, -0.2) is 0 Å². The van der Waals surface area contributed by atoms with Gasteiger partial charge in [-0.3, -0.25) is 0 Å². The normalized spacial score (nSPS) is 12.6. The quantitative estimate of drug-likeness (QED) is 0.523. The molecule has 0 aliphatic rings. The molecule has 0 saturated carbocycles. The average molecular weight is 152 g/mol. The molecule has 0 spiro atoms. The van der Waals surface area contributed by atoms with Crippen LogP contribution in [0.4, 0.5) is 0 Å². The molecule has 1 unspecified atom stereocenters. The minimum Gasteiger partial charge on any atom is -0.0995 e. The van der Waals surface area contributed by atoms with Crippen molar-refractivity contribution >= 4 is 0 Å². The lowest BCUT2D eigenvalue weighted by molar-refractivity contribution is 0.648. The Morgan fingerprint density at radius 3 is 2.09 bits per heavy atom. The van der Waals surface area contributed by atoms with Crippen LogP contribution >= 0.6 is 0 Å². The Labute approximate surface area is 71.0 Å². The highest BCUT2D eigenvalue weighted by Crippen LogP contribution is 2.24. The van der Waals surface area contributed by atoms with E-state index in [1.807, 2.05) is 0 Å². The molecule has 1 atom stereocenters. The summed E-state index contributed by atoms with van der Waals surface area (Å²) in [6.45, 7) is 14.5. The summed E-state index contributed by atoms with van der Waals surface area (Å²) in [7, 11) is 0. The molecule has 0 aromatic carbocycles. The minimum absolute atomic E-state index is 0.551. The Kier molecular flexibility index (Phi) is 4.93. The molecule has 0 heteroatoms. The van der Waals surface area contributed by atoms with Crippen LogP contribution < -0.4 is 0 Å². The summed E-state index contributed by atoms with van der Waals surface area (Å²) >= 11 is 0. The van der Waals surface area contributed by atoms with Crippen molar-refractivity contribution in [2.75, 3.05) is 0 Å². The van der Waals surface area contributed by atoms with Crippen molar-refractivity contribution in [1.29, 1.82) is 0 Å². The average Bonchev–Trinajstić information content (AvgIpc) is 1.88. The Bertz CT molecular complexity index is 142. The van der Waals surface area contributed by atoms with E-state index in [-0.39, 0.29) is 0 Å². The first-order valence-corrected chi connectivity index (χ1v) is 4.46. The lowest BCUT2D eigenvalue weighted by Crippen LogP contribution is -2.02. The van der Waals surface area contributed by atoms with E-state index in [0.717, 1.165) is 12.8 Å². The molecule has 0 fully saturated rings. The van der Waals surface area contributed by atoms with Gasteiger partial charge in [-0.1, -0.05) is 44.6 Å². The fourth-order valence-corrected chi connectivity index (χ4v) is 1.48. The fourth-order valence-electron chi connectivity index (χ4n) is 1.48. The minimum atomic E-state index is 0.551. The zero-order chi connectivity index (χ0) is 8.85. The summed E-state index contributed by atoms with van der Waals surface area (Å²) in [5, 5.41) is 0. The van der Waals surface area contributed by atoms with Crippen LogP contribution in [0.1, 0.15) is 40.0 Å². The molecule has 0 heterocycles. The molecule has 0 aliphatic heterocycles. The molecule has 0 radical (unpaired) electrons. The van der Waals surface area contributed by atoms with Gasteiger partial charge >= 0.3 is 0 Å². The second-order valence-electron chi connectivity index (χ2n) is 3.22. The molecular formula is C11H20. The summed E-state index contributed by atoms with van der Waals surface area (Å²) < 4.78 is 0. The van der Waals surface area contributed by atoms with Crippen LogP contribution in [0.3, 0.4) is 0 Å². The third kappa shape index (κ3) is 3.41. The van der Waals surface area contributed by atoms with Crippen LogP contribution in [0, 0.1) is 5.92 Å². The van der Waals surface area contributed by atoms with Crippen LogP contribution in [0.15, 0.2) is 24.3 Å². The van der Waals surface area contributed by atoms with E-state index in [0.29, 0.717) is 5.92 Å². The Hall–Kier alpha value is -0.520. The molecule has 0 aromatic rings. The Balaban J connectivity index is 4.03. The highest BCUT2D eigenvalue weighted by atomic mass is 14.1. The molecule has 0 nitrogen and oxygen atoms in total. The lowest BCUT2D eigenvalue weighted by Gasteiger charge is -2.17. The molecule has 0 aromatic heterocycles. The van der Waals surface area contributed by atoms with Crippen molar-refractivity contribution in [2.24, 2.45) is 5.92 Å². The van der Waals surface area contributed by atoms with E-state index in [1.165, 1.54) is 17.6 Å². The van der Waals surface area contributed by atoms with Gasteiger partial charge in [0.25, 0.3) is 0 Å². The Morgan fingerprint density at radius 1 is 1.27 bits per heavy atom. The van der Waals surface area contributed by atoms with E-state index in [2.05, 4.69) is 33.9 Å². The standard InChI is InChI=1S/C11H20/c1-6-8-10(5)11(7-2)9(3)4/h11H,3,5-8H2,1-2,4H3. The third-order valence-corrected chi connectivity index (χ3v) is 2.07. The van der Waals surface area contributed by atoms with Gasteiger partial charge in [0.1, 0.15) is 0 Å². The van der Waals surface area contributed by atoms with Crippen molar-refractivity contribution in [3.63, 3.8) is 0 Å². The molecule has 0 saturated heterocycles. The third-order valence-electron chi connectivity index (χ3n) is 2.07. The van der Waals surface area contributed by atoms with Gasteiger partial charge in [0, 0.05) is 0 Å². The van der Waals surface area contributed by atoms with E-state index in [1.54, 1.807) is 0 Å². The molecule has 0 N–H and O–H groups in total. The second-order valence-corrected chi connectivity index (χ2v) is 3.22. The van der Waals surface area contributed by atoms with Gasteiger partial charge in [-0.25, -0.2) is 0 Å². The van der Waals surface area contributed by atoms with Crippen LogP contribution in [0.5, 0.6) is 0 Å². The van der Waals surface area contributed by atoms with Gasteiger partial charge in [-0.15, -0.1) is 0 Å². The van der Waals surface area contributed by atoms with E-state index >= 15 is 0 Å². The zero-order valence-corrected chi connectivity index (χ0v) is 8.11. The first kappa shape index (κ1) is 10.5. The van der Waals surface area contributed by atoms with Crippen LogP contribution in [0.2, 0.25) is 0 Å². The molecule has 0 rings (SSSR count).